The molecular formula is C8H20Br2NSn. The van der Waals surface area contributed by atoms with Crippen LogP contribution < -0.4 is 5.32 Å². The Kier molecular flexibility index (Phi) is 20.5. The molecule has 0 aliphatic heterocycles. The van der Waals surface area contributed by atoms with Crippen LogP contribution in [0.4, 0.5) is 0 Å². The van der Waals surface area contributed by atoms with Gasteiger partial charge in [-0.05, 0) is 0 Å². The van der Waals surface area contributed by atoms with Crippen LogP contribution in [0, 0.1) is 5.92 Å². The fourth-order valence-corrected chi connectivity index (χ4v) is 2.23. The molecule has 0 aromatic heterocycles. The van der Waals surface area contributed by atoms with E-state index in [1.807, 2.05) is 0 Å². The van der Waals surface area contributed by atoms with Crippen LogP contribution in [0.5, 0.6) is 0 Å². The van der Waals surface area contributed by atoms with E-state index in [-0.39, 0.29) is 34.0 Å². The summed E-state index contributed by atoms with van der Waals surface area (Å²) >= 11 is 1.68. The molecule has 2 unspecified atom stereocenters. The van der Waals surface area contributed by atoms with Crippen LogP contribution >= 0.6 is 34.0 Å². The summed E-state index contributed by atoms with van der Waals surface area (Å²) in [6, 6.07) is 0. The van der Waals surface area contributed by atoms with E-state index in [1.54, 1.807) is 22.5 Å². The molecule has 3 radical (unpaired) electrons. The van der Waals surface area contributed by atoms with Crippen molar-refractivity contribution in [2.75, 3.05) is 13.1 Å². The van der Waals surface area contributed by atoms with E-state index in [0.29, 0.717) is 0 Å². The van der Waals surface area contributed by atoms with Gasteiger partial charge in [-0.2, -0.15) is 0 Å². The van der Waals surface area contributed by atoms with Crippen molar-refractivity contribution in [3.05, 3.63) is 0 Å². The van der Waals surface area contributed by atoms with Crippen molar-refractivity contribution in [3.63, 3.8) is 0 Å². The standard InChI is InChI=1S/C8H18N.2BrH.Sn/c1-4-6-8(3)7-9-5-2;;;/h4,8-9H,5-7H2,1-3H3;2*1H;. The molecule has 0 bridgehead atoms. The Morgan fingerprint density at radius 1 is 1.25 bits per heavy atom. The average molecular weight is 409 g/mol. The van der Waals surface area contributed by atoms with Crippen LogP contribution in [-0.4, -0.2) is 35.6 Å². The molecular weight excluding hydrogens is 389 g/mol. The normalized spacial score (nSPS) is 14.0. The number of rotatable bonds is 5. The van der Waals surface area contributed by atoms with Crippen molar-refractivity contribution in [2.45, 2.75) is 31.1 Å². The van der Waals surface area contributed by atoms with Gasteiger partial charge in [0.15, 0.2) is 0 Å². The Balaban J connectivity index is -0.000000405. The van der Waals surface area contributed by atoms with Gasteiger partial charge in [0.1, 0.15) is 0 Å². The predicted molar refractivity (Wildman–Crippen MR) is 68.1 cm³/mol. The molecule has 0 fully saturated rings. The Morgan fingerprint density at radius 2 is 1.75 bits per heavy atom. The number of hydrogen-bond donors (Lipinski definition) is 1. The van der Waals surface area contributed by atoms with Gasteiger partial charge in [0.05, 0.1) is 0 Å². The van der Waals surface area contributed by atoms with Crippen LogP contribution in [0.3, 0.4) is 0 Å². The molecule has 75 valence electrons. The molecule has 1 nitrogen and oxygen atoms in total. The minimum absolute atomic E-state index is 0. The topological polar surface area (TPSA) is 12.0 Å². The molecule has 0 spiro atoms. The van der Waals surface area contributed by atoms with Crippen molar-refractivity contribution in [1.29, 1.82) is 0 Å². The van der Waals surface area contributed by atoms with E-state index in [1.165, 1.54) is 13.0 Å². The van der Waals surface area contributed by atoms with E-state index in [0.717, 1.165) is 16.4 Å². The van der Waals surface area contributed by atoms with Crippen LogP contribution in [-0.2, 0) is 0 Å². The first kappa shape index (κ1) is 19.3. The van der Waals surface area contributed by atoms with Crippen molar-refractivity contribution < 1.29 is 0 Å². The van der Waals surface area contributed by atoms with Gasteiger partial charge in [0.25, 0.3) is 0 Å². The third-order valence-electron chi connectivity index (χ3n) is 1.50. The summed E-state index contributed by atoms with van der Waals surface area (Å²) in [4.78, 5) is 0. The minimum atomic E-state index is 0. The number of nitrogens with one attached hydrogen (secondary N) is 1. The molecule has 0 aromatic rings. The fourth-order valence-electron chi connectivity index (χ4n) is 1.08. The first-order valence-corrected chi connectivity index (χ1v) is 5.73. The molecule has 0 saturated heterocycles. The van der Waals surface area contributed by atoms with E-state index >= 15 is 0 Å². The number of halogens is 2. The van der Waals surface area contributed by atoms with Gasteiger partial charge >= 0.3 is 78.0 Å². The molecule has 0 saturated carbocycles. The maximum absolute atomic E-state index is 3.36. The monoisotopic (exact) mass is 408 g/mol. The second-order valence-corrected chi connectivity index (χ2v) is 5.86. The van der Waals surface area contributed by atoms with Crippen LogP contribution in [0.25, 0.3) is 0 Å². The molecule has 0 heterocycles. The summed E-state index contributed by atoms with van der Waals surface area (Å²) in [7, 11) is 0. The first-order chi connectivity index (χ1) is 4.66. The molecule has 12 heavy (non-hydrogen) atoms. The summed E-state index contributed by atoms with van der Waals surface area (Å²) in [6.45, 7) is 9.10. The maximum atomic E-state index is 3.36. The molecule has 2 atom stereocenters. The third kappa shape index (κ3) is 14.3. The van der Waals surface area contributed by atoms with E-state index in [9.17, 15) is 0 Å². The van der Waals surface area contributed by atoms with Gasteiger partial charge in [-0.1, -0.05) is 0 Å². The van der Waals surface area contributed by atoms with Crippen LogP contribution in [0.15, 0.2) is 0 Å². The molecule has 1 N–H and O–H groups in total. The second-order valence-electron chi connectivity index (χ2n) is 3.05. The van der Waals surface area contributed by atoms with Crippen molar-refractivity contribution in [1.82, 2.24) is 5.32 Å². The molecule has 0 amide bonds. The van der Waals surface area contributed by atoms with Crippen molar-refractivity contribution in [3.8, 4) is 0 Å². The molecule has 0 aromatic carbocycles. The zero-order chi connectivity index (χ0) is 7.98. The Morgan fingerprint density at radius 3 is 2.08 bits per heavy atom. The van der Waals surface area contributed by atoms with Gasteiger partial charge < -0.3 is 0 Å². The SMILES string of the molecule is Br.Br.CCNCC(C)C[CH](C)[Sn]. The number of hydrogen-bond acceptors (Lipinski definition) is 1. The fraction of sp³-hybridized carbons (Fsp3) is 1.00. The quantitative estimate of drug-likeness (QED) is 0.690. The summed E-state index contributed by atoms with van der Waals surface area (Å²) in [5, 5.41) is 3.36. The van der Waals surface area contributed by atoms with Gasteiger partial charge in [-0.15, -0.1) is 34.0 Å². The Hall–Kier alpha value is 1.72. The zero-order valence-corrected chi connectivity index (χ0v) is 14.4. The summed E-state index contributed by atoms with van der Waals surface area (Å²) < 4.78 is 0.931. The molecule has 4 heteroatoms. The zero-order valence-electron chi connectivity index (χ0n) is 8.09. The predicted octanol–water partition coefficient (Wildman–Crippen LogP) is 2.75. The molecule has 0 aliphatic rings. The van der Waals surface area contributed by atoms with Gasteiger partial charge in [-0.25, -0.2) is 0 Å². The molecule has 0 rings (SSSR count). The van der Waals surface area contributed by atoms with Gasteiger partial charge in [0.2, 0.25) is 0 Å². The summed E-state index contributed by atoms with van der Waals surface area (Å²) in [6.07, 6.45) is 1.38. The summed E-state index contributed by atoms with van der Waals surface area (Å²) in [5.41, 5.74) is 0. The average Bonchev–Trinajstić information content (AvgIpc) is 1.82. The molecule has 0 aliphatic carbocycles. The van der Waals surface area contributed by atoms with E-state index in [2.05, 4.69) is 26.1 Å². The van der Waals surface area contributed by atoms with Gasteiger partial charge in [0, 0.05) is 0 Å². The summed E-state index contributed by atoms with van der Waals surface area (Å²) in [5.74, 6) is 0.856. The van der Waals surface area contributed by atoms with Crippen LogP contribution in [0.2, 0.25) is 3.93 Å². The van der Waals surface area contributed by atoms with Crippen molar-refractivity contribution in [2.24, 2.45) is 5.92 Å². The van der Waals surface area contributed by atoms with Crippen molar-refractivity contribution >= 4 is 56.5 Å². The third-order valence-corrected chi connectivity index (χ3v) is 2.17. The van der Waals surface area contributed by atoms with Gasteiger partial charge in [-0.3, -0.25) is 0 Å². The Bertz CT molecular complexity index is 81.5. The van der Waals surface area contributed by atoms with Crippen LogP contribution in [0.1, 0.15) is 27.2 Å². The second kappa shape index (κ2) is 12.7. The first-order valence-electron chi connectivity index (χ1n) is 4.08. The Labute approximate surface area is 111 Å². The van der Waals surface area contributed by atoms with E-state index in [4.69, 9.17) is 0 Å². The van der Waals surface area contributed by atoms with E-state index < -0.39 is 0 Å².